The van der Waals surface area contributed by atoms with Crippen molar-refractivity contribution in [2.45, 2.75) is 24.2 Å². The van der Waals surface area contributed by atoms with Gasteiger partial charge in [0.2, 0.25) is 0 Å². The van der Waals surface area contributed by atoms with E-state index >= 15 is 0 Å². The lowest BCUT2D eigenvalue weighted by Crippen LogP contribution is -2.61. The van der Waals surface area contributed by atoms with Gasteiger partial charge in [0.15, 0.2) is 0 Å². The monoisotopic (exact) mass is 315 g/mol. The third-order valence-electron chi connectivity index (χ3n) is 3.56. The standard InChI is InChI=1S/C12H8BrF2NO2/c13-16-9(17)7-3-1-2-4-8(7)11(10(16)18)5-12(14,15)6-11/h1-4H,5-6H2. The van der Waals surface area contributed by atoms with Crippen molar-refractivity contribution in [2.24, 2.45) is 0 Å². The summed E-state index contributed by atoms with van der Waals surface area (Å²) in [5.41, 5.74) is -0.525. The molecule has 2 aliphatic rings. The minimum atomic E-state index is -2.84. The van der Waals surface area contributed by atoms with Gasteiger partial charge in [0.25, 0.3) is 17.7 Å². The zero-order valence-electron chi connectivity index (χ0n) is 9.12. The fraction of sp³-hybridized carbons (Fsp3) is 0.333. The van der Waals surface area contributed by atoms with Crippen LogP contribution in [-0.4, -0.2) is 21.7 Å². The quantitative estimate of drug-likeness (QED) is 0.545. The molecular formula is C12H8BrF2NO2. The van der Waals surface area contributed by atoms with Crippen molar-refractivity contribution >= 4 is 28.0 Å². The Kier molecular flexibility index (Phi) is 2.21. The van der Waals surface area contributed by atoms with Gasteiger partial charge < -0.3 is 0 Å². The Hall–Kier alpha value is -1.30. The van der Waals surface area contributed by atoms with Crippen molar-refractivity contribution in [2.75, 3.05) is 0 Å². The summed E-state index contributed by atoms with van der Waals surface area (Å²) in [4.78, 5) is 24.0. The van der Waals surface area contributed by atoms with E-state index in [2.05, 4.69) is 16.1 Å². The Labute approximate surface area is 110 Å². The number of hydrogen-bond donors (Lipinski definition) is 0. The van der Waals surface area contributed by atoms with Crippen LogP contribution in [0.5, 0.6) is 0 Å². The van der Waals surface area contributed by atoms with Gasteiger partial charge in [-0.3, -0.25) is 9.59 Å². The Morgan fingerprint density at radius 1 is 1.17 bits per heavy atom. The molecule has 2 amide bonds. The zero-order chi connectivity index (χ0) is 13.1. The lowest BCUT2D eigenvalue weighted by Gasteiger charge is -2.49. The van der Waals surface area contributed by atoms with Crippen molar-refractivity contribution in [1.82, 2.24) is 3.93 Å². The highest BCUT2D eigenvalue weighted by Crippen LogP contribution is 2.56. The first kappa shape index (κ1) is 11.8. The molecule has 18 heavy (non-hydrogen) atoms. The molecule has 1 saturated carbocycles. The van der Waals surface area contributed by atoms with E-state index in [0.29, 0.717) is 11.1 Å². The van der Waals surface area contributed by atoms with Gasteiger partial charge in [-0.2, -0.15) is 0 Å². The van der Waals surface area contributed by atoms with E-state index in [-0.39, 0.29) is 0 Å². The summed E-state index contributed by atoms with van der Waals surface area (Å²) >= 11 is 2.87. The Bertz CT molecular complexity index is 565. The third kappa shape index (κ3) is 1.32. The second-order valence-electron chi connectivity index (χ2n) is 4.73. The Morgan fingerprint density at radius 2 is 1.78 bits per heavy atom. The van der Waals surface area contributed by atoms with Gasteiger partial charge in [-0.1, -0.05) is 18.2 Å². The highest BCUT2D eigenvalue weighted by molar-refractivity contribution is 9.08. The smallest absolute Gasteiger partial charge is 0.271 e. The zero-order valence-corrected chi connectivity index (χ0v) is 10.7. The molecular weight excluding hydrogens is 308 g/mol. The number of carbonyl (C=O) groups is 2. The second-order valence-corrected chi connectivity index (χ2v) is 5.44. The highest BCUT2D eigenvalue weighted by Gasteiger charge is 2.65. The summed E-state index contributed by atoms with van der Waals surface area (Å²) in [5.74, 6) is -3.94. The van der Waals surface area contributed by atoms with Gasteiger partial charge >= 0.3 is 0 Å². The van der Waals surface area contributed by atoms with E-state index in [1.165, 1.54) is 0 Å². The molecule has 1 spiro atoms. The molecule has 1 aliphatic carbocycles. The summed E-state index contributed by atoms with van der Waals surface area (Å²) < 4.78 is 27.1. The second kappa shape index (κ2) is 3.38. The van der Waals surface area contributed by atoms with Crippen molar-refractivity contribution in [3.8, 4) is 0 Å². The molecule has 0 bridgehead atoms. The number of amides is 2. The maximum atomic E-state index is 13.2. The first-order valence-corrected chi connectivity index (χ1v) is 6.10. The lowest BCUT2D eigenvalue weighted by atomic mass is 9.59. The predicted octanol–water partition coefficient (Wildman–Crippen LogP) is 2.65. The van der Waals surface area contributed by atoms with Crippen molar-refractivity contribution in [3.05, 3.63) is 35.4 Å². The van der Waals surface area contributed by atoms with Crippen molar-refractivity contribution < 1.29 is 18.4 Å². The minimum absolute atomic E-state index is 0.310. The molecule has 94 valence electrons. The molecule has 1 fully saturated rings. The van der Waals surface area contributed by atoms with Gasteiger partial charge in [0.05, 0.1) is 21.6 Å². The topological polar surface area (TPSA) is 37.4 Å². The number of hydrogen-bond acceptors (Lipinski definition) is 2. The molecule has 3 rings (SSSR count). The molecule has 0 radical (unpaired) electrons. The molecule has 0 saturated heterocycles. The summed E-state index contributed by atoms with van der Waals surface area (Å²) in [6.45, 7) is 0. The molecule has 1 heterocycles. The average molecular weight is 316 g/mol. The van der Waals surface area contributed by atoms with E-state index in [1.54, 1.807) is 24.3 Å². The molecule has 0 N–H and O–H groups in total. The summed E-state index contributed by atoms with van der Waals surface area (Å²) in [5, 5.41) is 0. The number of rotatable bonds is 0. The fourth-order valence-electron chi connectivity index (χ4n) is 2.76. The number of imide groups is 1. The van der Waals surface area contributed by atoms with E-state index in [0.717, 1.165) is 3.93 Å². The average Bonchev–Trinajstić information content (AvgIpc) is 2.31. The van der Waals surface area contributed by atoms with Crippen molar-refractivity contribution in [3.63, 3.8) is 0 Å². The molecule has 6 heteroatoms. The van der Waals surface area contributed by atoms with Crippen LogP contribution in [0.2, 0.25) is 0 Å². The normalized spacial score (nSPS) is 23.8. The maximum absolute atomic E-state index is 13.2. The third-order valence-corrected chi connectivity index (χ3v) is 4.20. The van der Waals surface area contributed by atoms with Crippen LogP contribution in [-0.2, 0) is 10.2 Å². The maximum Gasteiger partial charge on any atom is 0.271 e. The largest absolute Gasteiger partial charge is 0.272 e. The molecule has 3 nitrogen and oxygen atoms in total. The van der Waals surface area contributed by atoms with Crippen LogP contribution in [0.3, 0.4) is 0 Å². The summed E-state index contributed by atoms with van der Waals surface area (Å²) in [7, 11) is 0. The number of alkyl halides is 2. The Balaban J connectivity index is 2.18. The van der Waals surface area contributed by atoms with E-state index in [9.17, 15) is 18.4 Å². The Morgan fingerprint density at radius 3 is 2.39 bits per heavy atom. The first-order chi connectivity index (χ1) is 8.37. The van der Waals surface area contributed by atoms with Crippen LogP contribution in [0.1, 0.15) is 28.8 Å². The molecule has 1 aliphatic heterocycles. The van der Waals surface area contributed by atoms with Gasteiger partial charge in [0.1, 0.15) is 0 Å². The summed E-state index contributed by atoms with van der Waals surface area (Å²) in [6, 6.07) is 6.44. The number of nitrogens with zero attached hydrogens (tertiary/aromatic N) is 1. The number of fused-ring (bicyclic) bond motifs is 2. The minimum Gasteiger partial charge on any atom is -0.272 e. The number of carbonyl (C=O) groups excluding carboxylic acids is 2. The van der Waals surface area contributed by atoms with Gasteiger partial charge in [-0.25, -0.2) is 12.7 Å². The van der Waals surface area contributed by atoms with Crippen LogP contribution < -0.4 is 0 Å². The molecule has 0 unspecified atom stereocenters. The molecule has 1 aromatic carbocycles. The predicted molar refractivity (Wildman–Crippen MR) is 62.4 cm³/mol. The number of halogens is 3. The van der Waals surface area contributed by atoms with Crippen LogP contribution in [0.15, 0.2) is 24.3 Å². The number of benzene rings is 1. The van der Waals surface area contributed by atoms with Crippen LogP contribution in [0.4, 0.5) is 8.78 Å². The van der Waals surface area contributed by atoms with E-state index in [4.69, 9.17) is 0 Å². The summed E-state index contributed by atoms with van der Waals surface area (Å²) in [6.07, 6.45) is -1.07. The van der Waals surface area contributed by atoms with Crippen molar-refractivity contribution in [1.29, 1.82) is 0 Å². The van der Waals surface area contributed by atoms with Gasteiger partial charge in [-0.05, 0) is 11.6 Å². The van der Waals surface area contributed by atoms with Crippen LogP contribution in [0, 0.1) is 0 Å². The van der Waals surface area contributed by atoms with E-state index < -0.39 is 36.0 Å². The lowest BCUT2D eigenvalue weighted by molar-refractivity contribution is -0.162. The van der Waals surface area contributed by atoms with Gasteiger partial charge in [0, 0.05) is 18.4 Å². The van der Waals surface area contributed by atoms with E-state index in [1.807, 2.05) is 0 Å². The van der Waals surface area contributed by atoms with Crippen LogP contribution >= 0.6 is 16.1 Å². The molecule has 0 aromatic heterocycles. The molecule has 0 atom stereocenters. The first-order valence-electron chi connectivity index (χ1n) is 5.39. The van der Waals surface area contributed by atoms with Gasteiger partial charge in [-0.15, -0.1) is 0 Å². The highest BCUT2D eigenvalue weighted by atomic mass is 79.9. The fourth-order valence-corrected chi connectivity index (χ4v) is 3.29. The van der Waals surface area contributed by atoms with Crippen LogP contribution in [0.25, 0.3) is 0 Å². The molecule has 1 aromatic rings. The SMILES string of the molecule is O=C1c2ccccc2C2(CC(F)(F)C2)C(=O)N1Br.